The Balaban J connectivity index is 1.81. The van der Waals surface area contributed by atoms with Crippen molar-refractivity contribution in [3.05, 3.63) is 0 Å². The Morgan fingerprint density at radius 3 is 2.74 bits per heavy atom. The molecule has 0 aliphatic carbocycles. The average molecular weight is 266 g/mol. The number of carboxylic acid groups (broad SMARTS) is 1. The van der Waals surface area contributed by atoms with Gasteiger partial charge in [-0.3, -0.25) is 4.79 Å². The Morgan fingerprint density at radius 2 is 2.21 bits per heavy atom. The van der Waals surface area contributed by atoms with E-state index in [-0.39, 0.29) is 17.9 Å². The lowest BCUT2D eigenvalue weighted by Gasteiger charge is -2.36. The van der Waals surface area contributed by atoms with Crippen molar-refractivity contribution in [1.29, 1.82) is 0 Å². The van der Waals surface area contributed by atoms with Crippen molar-refractivity contribution in [1.82, 2.24) is 10.2 Å². The van der Waals surface area contributed by atoms with Gasteiger partial charge in [0, 0.05) is 18.6 Å². The Bertz CT molecular complexity index is 411. The molecule has 3 heterocycles. The topological polar surface area (TPSA) is 69.6 Å². The number of carbonyl (C=O) groups is 2. The van der Waals surface area contributed by atoms with Gasteiger partial charge in [-0.05, 0) is 38.5 Å². The van der Waals surface area contributed by atoms with Gasteiger partial charge in [-0.2, -0.15) is 0 Å². The number of nitrogens with zero attached hydrogens (tertiary/aromatic N) is 1. The van der Waals surface area contributed by atoms with E-state index in [1.807, 2.05) is 6.92 Å². The molecule has 19 heavy (non-hydrogen) atoms. The van der Waals surface area contributed by atoms with Crippen LogP contribution in [-0.4, -0.2) is 46.1 Å². The van der Waals surface area contributed by atoms with E-state index in [4.69, 9.17) is 0 Å². The van der Waals surface area contributed by atoms with Gasteiger partial charge in [0.1, 0.15) is 5.54 Å². The predicted molar refractivity (Wildman–Crippen MR) is 69.7 cm³/mol. The molecule has 0 radical (unpaired) electrons. The van der Waals surface area contributed by atoms with Crippen LogP contribution in [0.15, 0.2) is 0 Å². The fourth-order valence-corrected chi connectivity index (χ4v) is 4.24. The van der Waals surface area contributed by atoms with Crippen LogP contribution in [0.25, 0.3) is 0 Å². The van der Waals surface area contributed by atoms with Crippen LogP contribution in [0.2, 0.25) is 0 Å². The van der Waals surface area contributed by atoms with Crippen molar-refractivity contribution < 1.29 is 14.7 Å². The maximum absolute atomic E-state index is 12.7. The van der Waals surface area contributed by atoms with Crippen molar-refractivity contribution >= 4 is 11.9 Å². The van der Waals surface area contributed by atoms with Gasteiger partial charge in [-0.1, -0.05) is 6.92 Å². The molecule has 0 aromatic rings. The summed E-state index contributed by atoms with van der Waals surface area (Å²) < 4.78 is 0. The SMILES string of the molecule is CCC1(C(=O)O)CCCN1C(=O)C1CC2CCC1N2. The molecule has 106 valence electrons. The van der Waals surface area contributed by atoms with Gasteiger partial charge in [-0.25, -0.2) is 4.79 Å². The summed E-state index contributed by atoms with van der Waals surface area (Å²) in [6, 6.07) is 0.754. The molecule has 0 aromatic carbocycles. The van der Waals surface area contributed by atoms with Crippen LogP contribution in [0, 0.1) is 5.92 Å². The van der Waals surface area contributed by atoms with Gasteiger partial charge in [0.25, 0.3) is 0 Å². The van der Waals surface area contributed by atoms with E-state index >= 15 is 0 Å². The molecule has 5 heteroatoms. The molecule has 3 rings (SSSR count). The standard InChI is InChI=1S/C14H22N2O3/c1-2-14(13(18)19)6-3-7-16(14)12(17)10-8-9-4-5-11(10)15-9/h9-11,15H,2-8H2,1H3,(H,18,19). The third kappa shape index (κ3) is 1.78. The number of amides is 1. The zero-order valence-electron chi connectivity index (χ0n) is 11.4. The first kappa shape index (κ1) is 12.9. The van der Waals surface area contributed by atoms with Crippen molar-refractivity contribution in [3.63, 3.8) is 0 Å². The largest absolute Gasteiger partial charge is 0.479 e. The highest BCUT2D eigenvalue weighted by Crippen LogP contribution is 2.39. The minimum atomic E-state index is -0.946. The molecule has 0 spiro atoms. The van der Waals surface area contributed by atoms with Gasteiger partial charge in [0.05, 0.1) is 5.92 Å². The Hall–Kier alpha value is -1.10. The van der Waals surface area contributed by atoms with Crippen molar-refractivity contribution in [3.8, 4) is 0 Å². The van der Waals surface area contributed by atoms with Crippen LogP contribution >= 0.6 is 0 Å². The molecule has 5 nitrogen and oxygen atoms in total. The molecule has 2 bridgehead atoms. The zero-order valence-corrected chi connectivity index (χ0v) is 11.4. The van der Waals surface area contributed by atoms with Crippen LogP contribution in [0.5, 0.6) is 0 Å². The van der Waals surface area contributed by atoms with E-state index in [0.29, 0.717) is 25.4 Å². The van der Waals surface area contributed by atoms with Crippen molar-refractivity contribution in [2.75, 3.05) is 6.54 Å². The summed E-state index contributed by atoms with van der Waals surface area (Å²) in [5.41, 5.74) is -0.946. The van der Waals surface area contributed by atoms with E-state index < -0.39 is 11.5 Å². The highest BCUT2D eigenvalue weighted by Gasteiger charge is 2.52. The quantitative estimate of drug-likeness (QED) is 0.799. The number of likely N-dealkylation sites (tertiary alicyclic amines) is 1. The highest BCUT2D eigenvalue weighted by molar-refractivity contribution is 5.89. The summed E-state index contributed by atoms with van der Waals surface area (Å²) in [6.07, 6.45) is 5.01. The minimum absolute atomic E-state index is 0.00197. The molecule has 0 aromatic heterocycles. The second-order valence-corrected chi connectivity index (χ2v) is 6.17. The van der Waals surface area contributed by atoms with Gasteiger partial charge < -0.3 is 15.3 Å². The van der Waals surface area contributed by atoms with E-state index in [2.05, 4.69) is 5.32 Å². The van der Waals surface area contributed by atoms with Crippen LogP contribution < -0.4 is 5.32 Å². The van der Waals surface area contributed by atoms with Gasteiger partial charge in [-0.15, -0.1) is 0 Å². The molecule has 4 atom stereocenters. The van der Waals surface area contributed by atoms with E-state index in [1.54, 1.807) is 4.90 Å². The van der Waals surface area contributed by atoms with Gasteiger partial charge in [0.15, 0.2) is 0 Å². The fourth-order valence-electron chi connectivity index (χ4n) is 4.24. The number of rotatable bonds is 3. The minimum Gasteiger partial charge on any atom is -0.479 e. The third-order valence-corrected chi connectivity index (χ3v) is 5.36. The fraction of sp³-hybridized carbons (Fsp3) is 0.857. The lowest BCUT2D eigenvalue weighted by molar-refractivity contribution is -0.158. The molecule has 2 N–H and O–H groups in total. The summed E-state index contributed by atoms with van der Waals surface area (Å²) in [6.45, 7) is 2.48. The van der Waals surface area contributed by atoms with E-state index in [0.717, 1.165) is 25.7 Å². The number of hydrogen-bond donors (Lipinski definition) is 2. The molecule has 3 saturated heterocycles. The van der Waals surface area contributed by atoms with E-state index in [9.17, 15) is 14.7 Å². The first-order chi connectivity index (χ1) is 9.08. The molecule has 0 saturated carbocycles. The van der Waals surface area contributed by atoms with Crippen LogP contribution in [-0.2, 0) is 9.59 Å². The molecule has 3 aliphatic rings. The number of carboxylic acids is 1. The molecule has 3 fully saturated rings. The van der Waals surface area contributed by atoms with Crippen LogP contribution in [0.3, 0.4) is 0 Å². The van der Waals surface area contributed by atoms with Crippen molar-refractivity contribution in [2.24, 2.45) is 5.92 Å². The van der Waals surface area contributed by atoms with E-state index in [1.165, 1.54) is 0 Å². The Labute approximate surface area is 113 Å². The predicted octanol–water partition coefficient (Wildman–Crippen LogP) is 0.983. The molecular formula is C14H22N2O3. The second-order valence-electron chi connectivity index (χ2n) is 6.17. The lowest BCUT2D eigenvalue weighted by atomic mass is 9.86. The monoisotopic (exact) mass is 266 g/mol. The molecule has 4 unspecified atom stereocenters. The molecular weight excluding hydrogens is 244 g/mol. The first-order valence-electron chi connectivity index (χ1n) is 7.39. The summed E-state index contributed by atoms with van der Waals surface area (Å²) in [4.78, 5) is 26.0. The zero-order chi connectivity index (χ0) is 13.6. The summed E-state index contributed by atoms with van der Waals surface area (Å²) >= 11 is 0. The summed E-state index contributed by atoms with van der Waals surface area (Å²) in [5, 5.41) is 13.0. The molecule has 3 aliphatic heterocycles. The maximum Gasteiger partial charge on any atom is 0.329 e. The van der Waals surface area contributed by atoms with Crippen LogP contribution in [0.4, 0.5) is 0 Å². The molecule has 1 amide bonds. The lowest BCUT2D eigenvalue weighted by Crippen LogP contribution is -2.55. The summed E-state index contributed by atoms with van der Waals surface area (Å²) in [7, 11) is 0. The van der Waals surface area contributed by atoms with Gasteiger partial charge in [0.2, 0.25) is 5.91 Å². The number of aliphatic carboxylic acids is 1. The Kier molecular flexibility index (Phi) is 3.04. The summed E-state index contributed by atoms with van der Waals surface area (Å²) in [5.74, 6) is -0.763. The normalized spacial score (nSPS) is 40.9. The highest BCUT2D eigenvalue weighted by atomic mass is 16.4. The second kappa shape index (κ2) is 4.47. The van der Waals surface area contributed by atoms with Gasteiger partial charge >= 0.3 is 5.97 Å². The number of fused-ring (bicyclic) bond motifs is 2. The maximum atomic E-state index is 12.7. The smallest absolute Gasteiger partial charge is 0.329 e. The third-order valence-electron chi connectivity index (χ3n) is 5.36. The number of nitrogens with one attached hydrogen (secondary N) is 1. The number of hydrogen-bond acceptors (Lipinski definition) is 3. The average Bonchev–Trinajstić information content (AvgIpc) is 3.11. The number of carbonyl (C=O) groups excluding carboxylic acids is 1. The van der Waals surface area contributed by atoms with Crippen LogP contribution in [0.1, 0.15) is 45.4 Å². The van der Waals surface area contributed by atoms with Crippen molar-refractivity contribution in [2.45, 2.75) is 63.1 Å². The Morgan fingerprint density at radius 1 is 1.42 bits per heavy atom. The first-order valence-corrected chi connectivity index (χ1v) is 7.39.